The van der Waals surface area contributed by atoms with Gasteiger partial charge in [-0.2, -0.15) is 0 Å². The number of nitrogens with one attached hydrogen (secondary N) is 1. The first-order chi connectivity index (χ1) is 6.06. The van der Waals surface area contributed by atoms with E-state index in [4.69, 9.17) is 10.2 Å². The molecule has 0 aliphatic carbocycles. The Labute approximate surface area is 76.8 Å². The molecule has 0 aromatic heterocycles. The molecule has 0 saturated carbocycles. The maximum Gasteiger partial charge on any atom is 0.312 e. The molecule has 1 atom stereocenters. The molecule has 13 heavy (non-hydrogen) atoms. The molecule has 3 N–H and O–H groups in total. The van der Waals surface area contributed by atoms with E-state index in [1.165, 1.54) is 0 Å². The van der Waals surface area contributed by atoms with Crippen molar-refractivity contribution in [2.45, 2.75) is 19.8 Å². The van der Waals surface area contributed by atoms with Gasteiger partial charge in [-0.15, -0.1) is 0 Å². The summed E-state index contributed by atoms with van der Waals surface area (Å²) >= 11 is 0. The first-order valence-corrected chi connectivity index (χ1v) is 4.15. The van der Waals surface area contributed by atoms with E-state index in [0.29, 0.717) is 13.0 Å². The van der Waals surface area contributed by atoms with Crippen LogP contribution in [0.2, 0.25) is 0 Å². The topological polar surface area (TPSA) is 86.6 Å². The van der Waals surface area contributed by atoms with Crippen LogP contribution in [0.3, 0.4) is 0 Å². The van der Waals surface area contributed by atoms with E-state index in [-0.39, 0.29) is 12.5 Å². The van der Waals surface area contributed by atoms with Gasteiger partial charge in [0.05, 0.1) is 0 Å². The van der Waals surface area contributed by atoms with Crippen LogP contribution in [-0.4, -0.2) is 35.2 Å². The summed E-state index contributed by atoms with van der Waals surface area (Å²) in [4.78, 5) is 20.9. The van der Waals surface area contributed by atoms with Gasteiger partial charge in [0.1, 0.15) is 6.42 Å². The zero-order valence-electron chi connectivity index (χ0n) is 7.62. The highest BCUT2D eigenvalue weighted by Gasteiger charge is 2.08. The van der Waals surface area contributed by atoms with E-state index in [0.717, 1.165) is 0 Å². The number of hydrogen-bond acceptors (Lipinski definition) is 3. The van der Waals surface area contributed by atoms with Crippen LogP contribution in [0.5, 0.6) is 0 Å². The average Bonchev–Trinajstić information content (AvgIpc) is 2.00. The highest BCUT2D eigenvalue weighted by atomic mass is 16.4. The molecule has 0 aromatic rings. The Morgan fingerprint density at radius 1 is 1.46 bits per heavy atom. The van der Waals surface area contributed by atoms with Crippen LogP contribution in [0, 0.1) is 5.92 Å². The Morgan fingerprint density at radius 3 is 2.54 bits per heavy atom. The first kappa shape index (κ1) is 11.9. The third-order valence-corrected chi connectivity index (χ3v) is 1.58. The van der Waals surface area contributed by atoms with Gasteiger partial charge in [-0.05, 0) is 12.3 Å². The molecule has 5 heteroatoms. The molecule has 0 radical (unpaired) electrons. The van der Waals surface area contributed by atoms with Gasteiger partial charge in [-0.3, -0.25) is 9.59 Å². The Kier molecular flexibility index (Phi) is 5.88. The van der Waals surface area contributed by atoms with Crippen LogP contribution < -0.4 is 5.32 Å². The van der Waals surface area contributed by atoms with Crippen molar-refractivity contribution in [3.63, 3.8) is 0 Å². The van der Waals surface area contributed by atoms with E-state index in [1.807, 2.05) is 6.92 Å². The normalized spacial score (nSPS) is 12.2. The maximum absolute atomic E-state index is 10.8. The van der Waals surface area contributed by atoms with Gasteiger partial charge in [-0.1, -0.05) is 6.92 Å². The summed E-state index contributed by atoms with van der Waals surface area (Å²) in [7, 11) is 0. The van der Waals surface area contributed by atoms with Gasteiger partial charge in [0.25, 0.3) is 0 Å². The van der Waals surface area contributed by atoms with Crippen LogP contribution in [0.15, 0.2) is 0 Å². The van der Waals surface area contributed by atoms with E-state index in [1.54, 1.807) is 0 Å². The predicted octanol–water partition coefficient (Wildman–Crippen LogP) is -0.404. The number of aliphatic hydroxyl groups is 1. The molecule has 0 aliphatic heterocycles. The zero-order chi connectivity index (χ0) is 10.3. The van der Waals surface area contributed by atoms with Gasteiger partial charge >= 0.3 is 5.97 Å². The van der Waals surface area contributed by atoms with Crippen molar-refractivity contribution in [2.24, 2.45) is 5.92 Å². The second-order valence-corrected chi connectivity index (χ2v) is 2.99. The second-order valence-electron chi connectivity index (χ2n) is 2.99. The summed E-state index contributed by atoms with van der Waals surface area (Å²) in [6.07, 6.45) is 0.110. The fourth-order valence-corrected chi connectivity index (χ4v) is 0.810. The largest absolute Gasteiger partial charge is 0.481 e. The quantitative estimate of drug-likeness (QED) is 0.496. The Hall–Kier alpha value is -1.10. The van der Waals surface area contributed by atoms with Crippen LogP contribution in [0.25, 0.3) is 0 Å². The lowest BCUT2D eigenvalue weighted by molar-refractivity contribution is -0.140. The number of amides is 1. The Morgan fingerprint density at radius 2 is 2.08 bits per heavy atom. The van der Waals surface area contributed by atoms with Crippen LogP contribution in [0.1, 0.15) is 19.8 Å². The lowest BCUT2D eigenvalue weighted by atomic mass is 10.1. The van der Waals surface area contributed by atoms with Crippen LogP contribution in [-0.2, 0) is 9.59 Å². The zero-order valence-corrected chi connectivity index (χ0v) is 7.62. The summed E-state index contributed by atoms with van der Waals surface area (Å²) in [6, 6.07) is 0. The van der Waals surface area contributed by atoms with Gasteiger partial charge in [-0.25, -0.2) is 0 Å². The monoisotopic (exact) mass is 189 g/mol. The van der Waals surface area contributed by atoms with Crippen LogP contribution in [0.4, 0.5) is 0 Å². The molecule has 1 amide bonds. The second kappa shape index (κ2) is 6.42. The highest BCUT2D eigenvalue weighted by Crippen LogP contribution is 1.97. The molecular formula is C8H15NO4. The smallest absolute Gasteiger partial charge is 0.312 e. The number of aliphatic hydroxyl groups excluding tert-OH is 1. The molecule has 0 heterocycles. The molecule has 0 aliphatic rings. The van der Waals surface area contributed by atoms with Crippen molar-refractivity contribution in [1.29, 1.82) is 0 Å². The number of rotatable bonds is 6. The van der Waals surface area contributed by atoms with Gasteiger partial charge in [0.15, 0.2) is 0 Å². The molecule has 0 bridgehead atoms. The van der Waals surface area contributed by atoms with Gasteiger partial charge in [0, 0.05) is 13.2 Å². The van der Waals surface area contributed by atoms with Crippen molar-refractivity contribution in [1.82, 2.24) is 5.32 Å². The SMILES string of the molecule is CC(CCO)CNC(=O)CC(=O)O. The van der Waals surface area contributed by atoms with Crippen molar-refractivity contribution in [3.8, 4) is 0 Å². The molecule has 0 saturated heterocycles. The predicted molar refractivity (Wildman–Crippen MR) is 46.1 cm³/mol. The van der Waals surface area contributed by atoms with Crippen molar-refractivity contribution in [2.75, 3.05) is 13.2 Å². The fraction of sp³-hybridized carbons (Fsp3) is 0.750. The number of carbonyl (C=O) groups excluding carboxylic acids is 1. The average molecular weight is 189 g/mol. The summed E-state index contributed by atoms with van der Waals surface area (Å²) in [5.41, 5.74) is 0. The maximum atomic E-state index is 10.8. The van der Waals surface area contributed by atoms with E-state index in [9.17, 15) is 9.59 Å². The Balaban J connectivity index is 3.51. The molecule has 76 valence electrons. The summed E-state index contributed by atoms with van der Waals surface area (Å²) < 4.78 is 0. The summed E-state index contributed by atoms with van der Waals surface area (Å²) in [6.45, 7) is 2.36. The molecule has 0 rings (SSSR count). The van der Waals surface area contributed by atoms with Crippen molar-refractivity contribution >= 4 is 11.9 Å². The Bertz CT molecular complexity index is 181. The van der Waals surface area contributed by atoms with Gasteiger partial charge < -0.3 is 15.5 Å². The van der Waals surface area contributed by atoms with Crippen LogP contribution >= 0.6 is 0 Å². The number of carboxylic acids is 1. The minimum atomic E-state index is -1.13. The first-order valence-electron chi connectivity index (χ1n) is 4.15. The van der Waals surface area contributed by atoms with E-state index < -0.39 is 18.3 Å². The highest BCUT2D eigenvalue weighted by molar-refractivity contribution is 5.93. The third-order valence-electron chi connectivity index (χ3n) is 1.58. The van der Waals surface area contributed by atoms with E-state index >= 15 is 0 Å². The number of aliphatic carboxylic acids is 1. The minimum Gasteiger partial charge on any atom is -0.481 e. The third kappa shape index (κ3) is 7.27. The van der Waals surface area contributed by atoms with Crippen molar-refractivity contribution < 1.29 is 19.8 Å². The molecule has 1 unspecified atom stereocenters. The molecule has 0 spiro atoms. The van der Waals surface area contributed by atoms with Crippen molar-refractivity contribution in [3.05, 3.63) is 0 Å². The molecular weight excluding hydrogens is 174 g/mol. The fourth-order valence-electron chi connectivity index (χ4n) is 0.810. The number of carbonyl (C=O) groups is 2. The molecule has 0 fully saturated rings. The lowest BCUT2D eigenvalue weighted by Crippen LogP contribution is -2.30. The standard InChI is InChI=1S/C8H15NO4/c1-6(2-3-10)5-9-7(11)4-8(12)13/h6,10H,2-5H2,1H3,(H,9,11)(H,12,13). The number of carboxylic acid groups (broad SMARTS) is 1. The van der Waals surface area contributed by atoms with E-state index in [2.05, 4.69) is 5.32 Å². The summed E-state index contributed by atoms with van der Waals surface area (Å²) in [5, 5.41) is 19.3. The molecule has 5 nitrogen and oxygen atoms in total. The lowest BCUT2D eigenvalue weighted by Gasteiger charge is -2.09. The number of hydrogen-bond donors (Lipinski definition) is 3. The molecule has 0 aromatic carbocycles. The summed E-state index contributed by atoms with van der Waals surface area (Å²) in [5.74, 6) is -1.45. The minimum absolute atomic E-state index is 0.0793. The van der Waals surface area contributed by atoms with Gasteiger partial charge in [0.2, 0.25) is 5.91 Å².